The number of likely N-dealkylation sites (tertiary alicyclic amines) is 1. The Labute approximate surface area is 175 Å². The molecule has 1 amide bonds. The van der Waals surface area contributed by atoms with Gasteiger partial charge in [0.15, 0.2) is 11.5 Å². The summed E-state index contributed by atoms with van der Waals surface area (Å²) < 4.78 is 16.7. The molecule has 1 aliphatic rings. The van der Waals surface area contributed by atoms with Gasteiger partial charge in [-0.15, -0.1) is 0 Å². The minimum atomic E-state index is -0.104. The van der Waals surface area contributed by atoms with E-state index in [1.807, 2.05) is 67.3 Å². The van der Waals surface area contributed by atoms with Gasteiger partial charge < -0.3 is 18.9 Å². The van der Waals surface area contributed by atoms with E-state index in [2.05, 4.69) is 10.1 Å². The molecule has 7 nitrogen and oxygen atoms in total. The van der Waals surface area contributed by atoms with Crippen LogP contribution in [0.3, 0.4) is 0 Å². The number of methoxy groups -OCH3 is 1. The van der Waals surface area contributed by atoms with Crippen molar-refractivity contribution in [2.24, 2.45) is 0 Å². The molecular weight excluding hydrogens is 382 g/mol. The standard InChI is InChI=1S/C23H25N3O4/c1-15(2)29-19-10-9-17(11-20(19)28-3)22-24-23(30-25-22)18-12-21(27)26(14-18)13-16-7-5-4-6-8-16/h4-11,15,18H,12-14H2,1-3H3. The van der Waals surface area contributed by atoms with Gasteiger partial charge in [-0.25, -0.2) is 0 Å². The molecule has 2 heterocycles. The molecule has 1 saturated heterocycles. The predicted molar refractivity (Wildman–Crippen MR) is 111 cm³/mol. The molecule has 0 aliphatic carbocycles. The number of rotatable bonds is 7. The van der Waals surface area contributed by atoms with Crippen LogP contribution in [-0.2, 0) is 11.3 Å². The molecule has 3 aromatic rings. The number of hydrogen-bond acceptors (Lipinski definition) is 6. The topological polar surface area (TPSA) is 77.7 Å². The molecule has 1 fully saturated rings. The Morgan fingerprint density at radius 3 is 2.70 bits per heavy atom. The predicted octanol–water partition coefficient (Wildman–Crippen LogP) is 4.05. The summed E-state index contributed by atoms with van der Waals surface area (Å²) in [5.41, 5.74) is 1.87. The van der Waals surface area contributed by atoms with Crippen LogP contribution < -0.4 is 9.47 Å². The first-order valence-electron chi connectivity index (χ1n) is 10.0. The van der Waals surface area contributed by atoms with Crippen molar-refractivity contribution in [1.82, 2.24) is 15.0 Å². The average molecular weight is 407 g/mol. The van der Waals surface area contributed by atoms with Crippen LogP contribution in [0.4, 0.5) is 0 Å². The van der Waals surface area contributed by atoms with Crippen LogP contribution in [0.15, 0.2) is 53.1 Å². The van der Waals surface area contributed by atoms with Crippen molar-refractivity contribution in [1.29, 1.82) is 0 Å². The number of nitrogens with zero attached hydrogens (tertiary/aromatic N) is 3. The van der Waals surface area contributed by atoms with E-state index in [0.717, 1.165) is 11.1 Å². The molecule has 0 bridgehead atoms. The zero-order valence-corrected chi connectivity index (χ0v) is 17.4. The lowest BCUT2D eigenvalue weighted by molar-refractivity contribution is -0.128. The third-order valence-corrected chi connectivity index (χ3v) is 5.01. The molecule has 0 N–H and O–H groups in total. The summed E-state index contributed by atoms with van der Waals surface area (Å²) in [5.74, 6) is 2.22. The van der Waals surface area contributed by atoms with E-state index in [1.54, 1.807) is 7.11 Å². The Hall–Kier alpha value is -3.35. The van der Waals surface area contributed by atoms with Crippen molar-refractivity contribution < 1.29 is 18.8 Å². The van der Waals surface area contributed by atoms with E-state index in [0.29, 0.717) is 42.7 Å². The zero-order chi connectivity index (χ0) is 21.1. The summed E-state index contributed by atoms with van der Waals surface area (Å²) in [7, 11) is 1.60. The zero-order valence-electron chi connectivity index (χ0n) is 17.4. The van der Waals surface area contributed by atoms with E-state index in [-0.39, 0.29) is 17.9 Å². The molecule has 4 rings (SSSR count). The van der Waals surface area contributed by atoms with E-state index in [1.165, 1.54) is 0 Å². The molecule has 0 radical (unpaired) electrons. The van der Waals surface area contributed by atoms with Gasteiger partial charge in [0.1, 0.15) is 0 Å². The largest absolute Gasteiger partial charge is 0.493 e. The maximum absolute atomic E-state index is 12.5. The Kier molecular flexibility index (Phi) is 5.70. The van der Waals surface area contributed by atoms with Gasteiger partial charge in [-0.1, -0.05) is 35.5 Å². The minimum absolute atomic E-state index is 0.0419. The molecule has 30 heavy (non-hydrogen) atoms. The van der Waals surface area contributed by atoms with Crippen LogP contribution in [0.1, 0.15) is 37.6 Å². The smallest absolute Gasteiger partial charge is 0.232 e. The molecule has 0 saturated carbocycles. The fourth-order valence-corrected chi connectivity index (χ4v) is 3.57. The van der Waals surface area contributed by atoms with Crippen LogP contribution in [0.5, 0.6) is 11.5 Å². The molecule has 156 valence electrons. The Bertz CT molecular complexity index is 1020. The molecule has 1 aliphatic heterocycles. The van der Waals surface area contributed by atoms with Gasteiger partial charge in [-0.2, -0.15) is 4.98 Å². The second-order valence-electron chi connectivity index (χ2n) is 7.65. The normalized spacial score (nSPS) is 16.3. The molecule has 2 aromatic carbocycles. The monoisotopic (exact) mass is 407 g/mol. The lowest BCUT2D eigenvalue weighted by Gasteiger charge is -2.15. The van der Waals surface area contributed by atoms with Crippen molar-refractivity contribution >= 4 is 5.91 Å². The average Bonchev–Trinajstić information content (AvgIpc) is 3.36. The summed E-state index contributed by atoms with van der Waals surface area (Å²) >= 11 is 0. The van der Waals surface area contributed by atoms with Crippen molar-refractivity contribution in [3.8, 4) is 22.9 Å². The number of benzene rings is 2. The third kappa shape index (κ3) is 4.30. The van der Waals surface area contributed by atoms with E-state index < -0.39 is 0 Å². The summed E-state index contributed by atoms with van der Waals surface area (Å²) in [6.45, 7) is 5.08. The second kappa shape index (κ2) is 8.57. The Morgan fingerprint density at radius 1 is 1.17 bits per heavy atom. The first kappa shape index (κ1) is 19.9. The minimum Gasteiger partial charge on any atom is -0.493 e. The maximum Gasteiger partial charge on any atom is 0.232 e. The highest BCUT2D eigenvalue weighted by atomic mass is 16.5. The Balaban J connectivity index is 1.48. The van der Waals surface area contributed by atoms with Crippen molar-refractivity contribution in [2.75, 3.05) is 13.7 Å². The first-order chi connectivity index (χ1) is 14.5. The highest BCUT2D eigenvalue weighted by molar-refractivity contribution is 5.79. The van der Waals surface area contributed by atoms with Crippen molar-refractivity contribution in [3.05, 3.63) is 60.0 Å². The van der Waals surface area contributed by atoms with Gasteiger partial charge >= 0.3 is 0 Å². The van der Waals surface area contributed by atoms with Gasteiger partial charge in [0.25, 0.3) is 0 Å². The van der Waals surface area contributed by atoms with Gasteiger partial charge in [-0.3, -0.25) is 4.79 Å². The fourth-order valence-electron chi connectivity index (χ4n) is 3.57. The van der Waals surface area contributed by atoms with Crippen LogP contribution in [0.2, 0.25) is 0 Å². The van der Waals surface area contributed by atoms with Gasteiger partial charge in [0.05, 0.1) is 19.1 Å². The van der Waals surface area contributed by atoms with Crippen molar-refractivity contribution in [3.63, 3.8) is 0 Å². The number of hydrogen-bond donors (Lipinski definition) is 0. The second-order valence-corrected chi connectivity index (χ2v) is 7.65. The van der Waals surface area contributed by atoms with Crippen LogP contribution >= 0.6 is 0 Å². The summed E-state index contributed by atoms with van der Waals surface area (Å²) in [6, 6.07) is 15.5. The SMILES string of the molecule is COc1cc(-c2noc(C3CC(=O)N(Cc4ccccc4)C3)n2)ccc1OC(C)C. The highest BCUT2D eigenvalue weighted by Gasteiger charge is 2.34. The number of aromatic nitrogens is 2. The van der Waals surface area contributed by atoms with E-state index >= 15 is 0 Å². The fraction of sp³-hybridized carbons (Fsp3) is 0.348. The highest BCUT2D eigenvalue weighted by Crippen LogP contribution is 2.34. The number of ether oxygens (including phenoxy) is 2. The molecule has 7 heteroatoms. The quantitative estimate of drug-likeness (QED) is 0.588. The molecular formula is C23H25N3O4. The number of carbonyl (C=O) groups excluding carboxylic acids is 1. The summed E-state index contributed by atoms with van der Waals surface area (Å²) in [4.78, 5) is 18.8. The summed E-state index contributed by atoms with van der Waals surface area (Å²) in [5, 5.41) is 4.12. The molecule has 1 atom stereocenters. The molecule has 0 spiro atoms. The Morgan fingerprint density at radius 2 is 1.97 bits per heavy atom. The van der Waals surface area contributed by atoms with E-state index in [4.69, 9.17) is 14.0 Å². The lowest BCUT2D eigenvalue weighted by Crippen LogP contribution is -2.24. The maximum atomic E-state index is 12.5. The van der Waals surface area contributed by atoms with Crippen LogP contribution in [-0.4, -0.2) is 40.7 Å². The van der Waals surface area contributed by atoms with Crippen LogP contribution in [0, 0.1) is 0 Å². The first-order valence-corrected chi connectivity index (χ1v) is 10.0. The van der Waals surface area contributed by atoms with Crippen LogP contribution in [0.25, 0.3) is 11.4 Å². The lowest BCUT2D eigenvalue weighted by atomic mass is 10.1. The third-order valence-electron chi connectivity index (χ3n) is 5.01. The number of amides is 1. The number of carbonyl (C=O) groups is 1. The van der Waals surface area contributed by atoms with Gasteiger partial charge in [-0.05, 0) is 37.6 Å². The summed E-state index contributed by atoms with van der Waals surface area (Å²) in [6.07, 6.45) is 0.416. The molecule has 1 unspecified atom stereocenters. The van der Waals surface area contributed by atoms with Gasteiger partial charge in [0, 0.05) is 25.1 Å². The van der Waals surface area contributed by atoms with E-state index in [9.17, 15) is 4.79 Å². The van der Waals surface area contributed by atoms with Crippen molar-refractivity contribution in [2.45, 2.75) is 38.8 Å². The van der Waals surface area contributed by atoms with Gasteiger partial charge in [0.2, 0.25) is 17.6 Å². The molecule has 1 aromatic heterocycles.